The number of hydrogen-bond donors (Lipinski definition) is 2. The minimum atomic E-state index is -1.10. The van der Waals surface area contributed by atoms with Crippen LogP contribution < -0.4 is 5.32 Å². The molecule has 2 aromatic rings. The Morgan fingerprint density at radius 3 is 2.65 bits per heavy atom. The van der Waals surface area contributed by atoms with Crippen LogP contribution in [0.5, 0.6) is 0 Å². The van der Waals surface area contributed by atoms with E-state index < -0.39 is 17.8 Å². The van der Waals surface area contributed by atoms with Gasteiger partial charge < -0.3 is 10.4 Å². The van der Waals surface area contributed by atoms with Gasteiger partial charge in [0, 0.05) is 0 Å². The molecule has 0 saturated carbocycles. The van der Waals surface area contributed by atoms with Crippen LogP contribution in [0.1, 0.15) is 17.2 Å². The van der Waals surface area contributed by atoms with Crippen molar-refractivity contribution in [1.29, 1.82) is 0 Å². The molecule has 0 aliphatic carbocycles. The molecule has 2 N–H and O–H groups in total. The molecule has 0 saturated heterocycles. The Bertz CT molecular complexity index is 646. The van der Waals surface area contributed by atoms with Crippen LogP contribution >= 0.6 is 11.6 Å². The zero-order valence-electron chi connectivity index (χ0n) is 10.7. The smallest absolute Gasteiger partial charge is 0.330 e. The maximum Gasteiger partial charge on any atom is 0.330 e. The predicted molar refractivity (Wildman–Crippen MR) is 76.6 cm³/mol. The minimum Gasteiger partial charge on any atom is -0.479 e. The zero-order chi connectivity index (χ0) is 14.7. The fourth-order valence-electron chi connectivity index (χ4n) is 1.93. The third-order valence-electron chi connectivity index (χ3n) is 2.97. The van der Waals surface area contributed by atoms with E-state index >= 15 is 0 Å². The van der Waals surface area contributed by atoms with Crippen LogP contribution in [0, 0.1) is 12.7 Å². The lowest BCUT2D eigenvalue weighted by molar-refractivity contribution is -0.138. The molecule has 20 heavy (non-hydrogen) atoms. The van der Waals surface area contributed by atoms with E-state index in [4.69, 9.17) is 11.6 Å². The maximum atomic E-state index is 13.3. The Morgan fingerprint density at radius 2 is 2.00 bits per heavy atom. The molecule has 0 aliphatic heterocycles. The molecule has 0 spiro atoms. The molecule has 104 valence electrons. The van der Waals surface area contributed by atoms with E-state index in [1.807, 2.05) is 0 Å². The number of carboxylic acids is 1. The third kappa shape index (κ3) is 3.08. The minimum absolute atomic E-state index is 0.373. The van der Waals surface area contributed by atoms with Gasteiger partial charge in [0.05, 0.1) is 10.7 Å². The van der Waals surface area contributed by atoms with Crippen molar-refractivity contribution in [3.05, 3.63) is 64.4 Å². The van der Waals surface area contributed by atoms with Crippen molar-refractivity contribution in [1.82, 2.24) is 0 Å². The van der Waals surface area contributed by atoms with E-state index in [0.29, 0.717) is 21.8 Å². The predicted octanol–water partition coefficient (Wildman–Crippen LogP) is 4.03. The first-order chi connectivity index (χ1) is 9.49. The van der Waals surface area contributed by atoms with Gasteiger partial charge in [0.2, 0.25) is 0 Å². The number of carboxylic acid groups (broad SMARTS) is 1. The molecule has 1 unspecified atom stereocenters. The lowest BCUT2D eigenvalue weighted by Gasteiger charge is -2.19. The van der Waals surface area contributed by atoms with Crippen LogP contribution in [-0.2, 0) is 4.79 Å². The SMILES string of the molecule is Cc1ccc(F)cc1C(Nc1ccccc1Cl)C(=O)O. The van der Waals surface area contributed by atoms with Crippen LogP contribution in [-0.4, -0.2) is 11.1 Å². The largest absolute Gasteiger partial charge is 0.479 e. The van der Waals surface area contributed by atoms with Gasteiger partial charge in [-0.3, -0.25) is 0 Å². The summed E-state index contributed by atoms with van der Waals surface area (Å²) in [5, 5.41) is 12.6. The summed E-state index contributed by atoms with van der Waals surface area (Å²) < 4.78 is 13.3. The number of para-hydroxylation sites is 1. The average Bonchev–Trinajstić information content (AvgIpc) is 2.40. The lowest BCUT2D eigenvalue weighted by Crippen LogP contribution is -2.21. The quantitative estimate of drug-likeness (QED) is 0.895. The number of halogens is 2. The van der Waals surface area contributed by atoms with Gasteiger partial charge in [-0.1, -0.05) is 29.8 Å². The van der Waals surface area contributed by atoms with Gasteiger partial charge in [-0.05, 0) is 42.3 Å². The van der Waals surface area contributed by atoms with Crippen molar-refractivity contribution < 1.29 is 14.3 Å². The van der Waals surface area contributed by atoms with Gasteiger partial charge in [0.15, 0.2) is 6.04 Å². The highest BCUT2D eigenvalue weighted by molar-refractivity contribution is 6.33. The summed E-state index contributed by atoms with van der Waals surface area (Å²) >= 11 is 6.00. The van der Waals surface area contributed by atoms with Crippen molar-refractivity contribution in [3.63, 3.8) is 0 Å². The second kappa shape index (κ2) is 5.92. The fraction of sp³-hybridized carbons (Fsp3) is 0.133. The number of rotatable bonds is 4. The van der Waals surface area contributed by atoms with Gasteiger partial charge in [-0.2, -0.15) is 0 Å². The van der Waals surface area contributed by atoms with Crippen molar-refractivity contribution in [3.8, 4) is 0 Å². The van der Waals surface area contributed by atoms with Crippen LogP contribution in [0.4, 0.5) is 10.1 Å². The first kappa shape index (κ1) is 14.3. The van der Waals surface area contributed by atoms with Crippen LogP contribution in [0.3, 0.4) is 0 Å². The highest BCUT2D eigenvalue weighted by Gasteiger charge is 2.22. The molecule has 3 nitrogen and oxygen atoms in total. The summed E-state index contributed by atoms with van der Waals surface area (Å²) in [7, 11) is 0. The summed E-state index contributed by atoms with van der Waals surface area (Å²) in [6, 6.07) is 9.82. The summed E-state index contributed by atoms with van der Waals surface area (Å²) in [5.74, 6) is -1.57. The summed E-state index contributed by atoms with van der Waals surface area (Å²) in [4.78, 5) is 11.5. The Labute approximate surface area is 121 Å². The molecule has 0 amide bonds. The molecule has 0 heterocycles. The first-order valence-corrected chi connectivity index (χ1v) is 6.37. The van der Waals surface area contributed by atoms with Gasteiger partial charge in [-0.25, -0.2) is 9.18 Å². The van der Waals surface area contributed by atoms with Crippen molar-refractivity contribution in [2.75, 3.05) is 5.32 Å². The molecular formula is C15H13ClFNO2. The summed E-state index contributed by atoms with van der Waals surface area (Å²) in [6.45, 7) is 1.74. The lowest BCUT2D eigenvalue weighted by atomic mass is 10.0. The molecule has 0 radical (unpaired) electrons. The van der Waals surface area contributed by atoms with Crippen molar-refractivity contribution >= 4 is 23.3 Å². The number of anilines is 1. The molecule has 1 atom stereocenters. The van der Waals surface area contributed by atoms with Gasteiger partial charge in [0.25, 0.3) is 0 Å². The molecule has 0 bridgehead atoms. The van der Waals surface area contributed by atoms with Crippen molar-refractivity contribution in [2.45, 2.75) is 13.0 Å². The molecular weight excluding hydrogens is 281 g/mol. The summed E-state index contributed by atoms with van der Waals surface area (Å²) in [5.41, 5.74) is 1.56. The Morgan fingerprint density at radius 1 is 1.30 bits per heavy atom. The fourth-order valence-corrected chi connectivity index (χ4v) is 2.12. The number of carbonyl (C=O) groups is 1. The average molecular weight is 294 g/mol. The van der Waals surface area contributed by atoms with E-state index in [2.05, 4.69) is 5.32 Å². The number of aryl methyl sites for hydroxylation is 1. The second-order valence-electron chi connectivity index (χ2n) is 4.40. The molecule has 5 heteroatoms. The van der Waals surface area contributed by atoms with E-state index in [0.717, 1.165) is 0 Å². The number of aliphatic carboxylic acids is 1. The number of hydrogen-bond acceptors (Lipinski definition) is 2. The first-order valence-electron chi connectivity index (χ1n) is 5.99. The normalized spacial score (nSPS) is 11.9. The van der Waals surface area contributed by atoms with E-state index in [-0.39, 0.29) is 0 Å². The van der Waals surface area contributed by atoms with E-state index in [9.17, 15) is 14.3 Å². The van der Waals surface area contributed by atoms with Crippen molar-refractivity contribution in [2.24, 2.45) is 0 Å². The Hall–Kier alpha value is -2.07. The van der Waals surface area contributed by atoms with E-state index in [1.54, 1.807) is 37.3 Å². The van der Waals surface area contributed by atoms with Crippen LogP contribution in [0.15, 0.2) is 42.5 Å². The van der Waals surface area contributed by atoms with Crippen LogP contribution in [0.2, 0.25) is 5.02 Å². The highest BCUT2D eigenvalue weighted by Crippen LogP contribution is 2.28. The molecule has 0 aromatic heterocycles. The molecule has 2 rings (SSSR count). The van der Waals surface area contributed by atoms with Crippen LogP contribution in [0.25, 0.3) is 0 Å². The zero-order valence-corrected chi connectivity index (χ0v) is 11.5. The monoisotopic (exact) mass is 293 g/mol. The molecule has 0 aliphatic rings. The number of benzene rings is 2. The van der Waals surface area contributed by atoms with Gasteiger partial charge in [-0.15, -0.1) is 0 Å². The van der Waals surface area contributed by atoms with E-state index in [1.165, 1.54) is 12.1 Å². The standard InChI is InChI=1S/C15H13ClFNO2/c1-9-6-7-10(17)8-11(9)14(15(19)20)18-13-5-3-2-4-12(13)16/h2-8,14,18H,1H3,(H,19,20). The molecule has 2 aromatic carbocycles. The maximum absolute atomic E-state index is 13.3. The summed E-state index contributed by atoms with van der Waals surface area (Å²) in [6.07, 6.45) is 0. The molecule has 0 fully saturated rings. The number of nitrogens with one attached hydrogen (secondary N) is 1. The highest BCUT2D eigenvalue weighted by atomic mass is 35.5. The Kier molecular flexibility index (Phi) is 4.25. The second-order valence-corrected chi connectivity index (χ2v) is 4.80. The van der Waals surface area contributed by atoms with Gasteiger partial charge >= 0.3 is 5.97 Å². The topological polar surface area (TPSA) is 49.3 Å². The third-order valence-corrected chi connectivity index (χ3v) is 3.30. The Balaban J connectivity index is 2.40. The van der Waals surface area contributed by atoms with Gasteiger partial charge in [0.1, 0.15) is 5.82 Å².